The fraction of sp³-hybridized carbons (Fsp3) is 0.455. The number of para-hydroxylation sites is 1. The van der Waals surface area contributed by atoms with Gasteiger partial charge in [0.15, 0.2) is 0 Å². The molecule has 1 aromatic rings. The molecule has 3 heteroatoms. The zero-order valence-corrected chi connectivity index (χ0v) is 8.31. The quantitative estimate of drug-likeness (QED) is 0.726. The van der Waals surface area contributed by atoms with Crippen LogP contribution in [0.2, 0.25) is 0 Å². The van der Waals surface area contributed by atoms with Crippen molar-refractivity contribution in [3.8, 4) is 0 Å². The third kappa shape index (κ3) is 1.54. The van der Waals surface area contributed by atoms with Crippen molar-refractivity contribution in [2.45, 2.75) is 31.7 Å². The van der Waals surface area contributed by atoms with E-state index in [9.17, 15) is 4.39 Å². The lowest BCUT2D eigenvalue weighted by Crippen LogP contribution is -2.20. The molecule has 0 bridgehead atoms. The lowest BCUT2D eigenvalue weighted by Gasteiger charge is -2.18. The summed E-state index contributed by atoms with van der Waals surface area (Å²) in [6.45, 7) is 2.13. The van der Waals surface area contributed by atoms with E-state index in [0.29, 0.717) is 0 Å². The van der Waals surface area contributed by atoms with Crippen molar-refractivity contribution >= 4 is 11.4 Å². The predicted molar refractivity (Wildman–Crippen MR) is 56.7 cm³/mol. The number of nitrogen functional groups attached to an aromatic ring is 1. The highest BCUT2D eigenvalue weighted by Crippen LogP contribution is 2.42. The summed E-state index contributed by atoms with van der Waals surface area (Å²) in [5, 5.41) is 3.32. The van der Waals surface area contributed by atoms with Gasteiger partial charge in [0.1, 0.15) is 5.82 Å². The van der Waals surface area contributed by atoms with Gasteiger partial charge in [-0.1, -0.05) is 13.0 Å². The van der Waals surface area contributed by atoms with Crippen LogP contribution in [-0.2, 0) is 0 Å². The molecule has 0 radical (unpaired) electrons. The topological polar surface area (TPSA) is 38.0 Å². The molecule has 0 saturated heterocycles. The Morgan fingerprint density at radius 3 is 2.79 bits per heavy atom. The molecule has 0 heterocycles. The van der Waals surface area contributed by atoms with Gasteiger partial charge in [0.05, 0.1) is 11.4 Å². The first-order valence-electron chi connectivity index (χ1n) is 4.99. The lowest BCUT2D eigenvalue weighted by molar-refractivity contribution is 0.631. The highest BCUT2D eigenvalue weighted by Gasteiger charge is 2.40. The Balaban J connectivity index is 2.21. The van der Waals surface area contributed by atoms with Gasteiger partial charge in [0.2, 0.25) is 0 Å². The van der Waals surface area contributed by atoms with Gasteiger partial charge in [-0.3, -0.25) is 0 Å². The number of hydrogen-bond donors (Lipinski definition) is 2. The molecule has 1 aromatic carbocycles. The first-order valence-corrected chi connectivity index (χ1v) is 4.99. The average molecular weight is 194 g/mol. The summed E-state index contributed by atoms with van der Waals surface area (Å²) in [5.74, 6) is -0.345. The summed E-state index contributed by atoms with van der Waals surface area (Å²) < 4.78 is 13.1. The molecule has 14 heavy (non-hydrogen) atoms. The molecular formula is C11H15FN2. The average Bonchev–Trinajstić information content (AvgIpc) is 2.94. The van der Waals surface area contributed by atoms with Crippen molar-refractivity contribution in [3.63, 3.8) is 0 Å². The minimum atomic E-state index is -0.345. The number of nitrogens with two attached hydrogens (primary N) is 1. The van der Waals surface area contributed by atoms with Gasteiger partial charge in [0.25, 0.3) is 0 Å². The maximum absolute atomic E-state index is 13.1. The molecule has 2 nitrogen and oxygen atoms in total. The first-order chi connectivity index (χ1) is 6.67. The standard InChI is InChI=1S/C11H15FN2/c1-2-11(6-7-11)14-9-5-3-4-8(12)10(9)13/h3-5,14H,2,6-7,13H2,1H3. The summed E-state index contributed by atoms with van der Waals surface area (Å²) in [6.07, 6.45) is 3.36. The molecule has 2 rings (SSSR count). The molecular weight excluding hydrogens is 179 g/mol. The molecule has 0 aliphatic heterocycles. The van der Waals surface area contributed by atoms with Gasteiger partial charge in [-0.2, -0.15) is 0 Å². The summed E-state index contributed by atoms with van der Waals surface area (Å²) in [5.41, 5.74) is 6.77. The Bertz CT molecular complexity index is 345. The zero-order valence-electron chi connectivity index (χ0n) is 8.31. The molecule has 0 spiro atoms. The number of rotatable bonds is 3. The maximum Gasteiger partial charge on any atom is 0.148 e. The molecule has 76 valence electrons. The lowest BCUT2D eigenvalue weighted by atomic mass is 10.1. The van der Waals surface area contributed by atoms with E-state index in [1.165, 1.54) is 6.07 Å². The number of halogens is 1. The number of benzene rings is 1. The Morgan fingerprint density at radius 2 is 2.21 bits per heavy atom. The van der Waals surface area contributed by atoms with Gasteiger partial charge in [0, 0.05) is 5.54 Å². The largest absolute Gasteiger partial charge is 0.395 e. The van der Waals surface area contributed by atoms with E-state index < -0.39 is 0 Å². The number of nitrogens with one attached hydrogen (secondary N) is 1. The normalized spacial score (nSPS) is 17.9. The molecule has 0 unspecified atom stereocenters. The Labute approximate surface area is 83.3 Å². The van der Waals surface area contributed by atoms with Crippen molar-refractivity contribution in [2.75, 3.05) is 11.1 Å². The number of anilines is 2. The minimum Gasteiger partial charge on any atom is -0.395 e. The van der Waals surface area contributed by atoms with Crippen molar-refractivity contribution in [1.82, 2.24) is 0 Å². The van der Waals surface area contributed by atoms with Gasteiger partial charge in [-0.05, 0) is 31.4 Å². The van der Waals surface area contributed by atoms with E-state index in [2.05, 4.69) is 12.2 Å². The van der Waals surface area contributed by atoms with Gasteiger partial charge < -0.3 is 11.1 Å². The first kappa shape index (κ1) is 9.31. The molecule has 0 amide bonds. The summed E-state index contributed by atoms with van der Waals surface area (Å²) in [6, 6.07) is 4.89. The van der Waals surface area contributed by atoms with Gasteiger partial charge >= 0.3 is 0 Å². The molecule has 1 aliphatic carbocycles. The zero-order chi connectivity index (χ0) is 10.2. The monoisotopic (exact) mass is 194 g/mol. The van der Waals surface area contributed by atoms with Crippen LogP contribution in [0.5, 0.6) is 0 Å². The van der Waals surface area contributed by atoms with Crippen molar-refractivity contribution in [3.05, 3.63) is 24.0 Å². The summed E-state index contributed by atoms with van der Waals surface area (Å²) in [4.78, 5) is 0. The highest BCUT2D eigenvalue weighted by atomic mass is 19.1. The van der Waals surface area contributed by atoms with Crippen LogP contribution in [0.4, 0.5) is 15.8 Å². The van der Waals surface area contributed by atoms with Crippen LogP contribution in [0.1, 0.15) is 26.2 Å². The third-order valence-electron chi connectivity index (χ3n) is 2.98. The third-order valence-corrected chi connectivity index (χ3v) is 2.98. The summed E-state index contributed by atoms with van der Waals surface area (Å²) in [7, 11) is 0. The Kier molecular flexibility index (Phi) is 2.10. The molecule has 0 atom stereocenters. The van der Waals surface area contributed by atoms with Crippen LogP contribution in [-0.4, -0.2) is 5.54 Å². The fourth-order valence-corrected chi connectivity index (χ4v) is 1.65. The highest BCUT2D eigenvalue weighted by molar-refractivity contribution is 5.68. The van der Waals surface area contributed by atoms with Crippen LogP contribution < -0.4 is 11.1 Å². The van der Waals surface area contributed by atoms with Crippen molar-refractivity contribution in [2.24, 2.45) is 0 Å². The fourth-order valence-electron chi connectivity index (χ4n) is 1.65. The Morgan fingerprint density at radius 1 is 1.50 bits per heavy atom. The molecule has 1 fully saturated rings. The molecule has 1 saturated carbocycles. The SMILES string of the molecule is CCC1(Nc2cccc(F)c2N)CC1. The van der Waals surface area contributed by atoms with E-state index in [1.807, 2.05) is 6.07 Å². The van der Waals surface area contributed by atoms with Gasteiger partial charge in [-0.15, -0.1) is 0 Å². The second-order valence-electron chi connectivity index (χ2n) is 3.96. The smallest absolute Gasteiger partial charge is 0.148 e. The van der Waals surface area contributed by atoms with E-state index in [1.54, 1.807) is 6.07 Å². The Hall–Kier alpha value is -1.25. The van der Waals surface area contributed by atoms with Crippen molar-refractivity contribution in [1.29, 1.82) is 0 Å². The van der Waals surface area contributed by atoms with E-state index in [0.717, 1.165) is 24.9 Å². The van der Waals surface area contributed by atoms with Crippen LogP contribution >= 0.6 is 0 Å². The maximum atomic E-state index is 13.1. The minimum absolute atomic E-state index is 0.182. The van der Waals surface area contributed by atoms with Crippen molar-refractivity contribution < 1.29 is 4.39 Å². The molecule has 3 N–H and O–H groups in total. The predicted octanol–water partition coefficient (Wildman–Crippen LogP) is 2.76. The second kappa shape index (κ2) is 3.15. The second-order valence-corrected chi connectivity index (χ2v) is 3.96. The van der Waals surface area contributed by atoms with Gasteiger partial charge in [-0.25, -0.2) is 4.39 Å². The van der Waals surface area contributed by atoms with E-state index in [4.69, 9.17) is 5.73 Å². The summed E-state index contributed by atoms with van der Waals surface area (Å²) >= 11 is 0. The number of hydrogen-bond acceptors (Lipinski definition) is 2. The molecule has 0 aromatic heterocycles. The van der Waals surface area contributed by atoms with Crippen LogP contribution in [0.25, 0.3) is 0 Å². The van der Waals surface area contributed by atoms with Crippen LogP contribution in [0.15, 0.2) is 18.2 Å². The molecule has 1 aliphatic rings. The van der Waals surface area contributed by atoms with Crippen LogP contribution in [0, 0.1) is 5.82 Å². The van der Waals surface area contributed by atoms with E-state index in [-0.39, 0.29) is 17.0 Å². The van der Waals surface area contributed by atoms with Crippen LogP contribution in [0.3, 0.4) is 0 Å². The van der Waals surface area contributed by atoms with E-state index >= 15 is 0 Å².